The number of nitrogens with one attached hydrogen (secondary N) is 1. The van der Waals surface area contributed by atoms with Gasteiger partial charge in [-0.05, 0) is 67.2 Å². The number of Topliss-reactive ketones (excluding diaryl/α,β-unsaturated/α-hetero) is 2. The van der Waals surface area contributed by atoms with Gasteiger partial charge in [-0.1, -0.05) is 48.5 Å². The summed E-state index contributed by atoms with van der Waals surface area (Å²) in [6.45, 7) is 5.28. The Morgan fingerprint density at radius 1 is 0.831 bits per heavy atom. The number of carbonyl (C=O) groups excluding carboxylic acids is 5. The Kier molecular flexibility index (Phi) is 11.1. The Labute approximate surface area is 342 Å². The molecule has 3 fully saturated rings. The summed E-state index contributed by atoms with van der Waals surface area (Å²) in [5.41, 5.74) is 4.89. The van der Waals surface area contributed by atoms with E-state index in [-0.39, 0.29) is 37.4 Å². The van der Waals surface area contributed by atoms with Crippen LogP contribution in [0.3, 0.4) is 0 Å². The number of carbonyl (C=O) groups is 5. The molecular weight excluding hydrogens is 747 g/mol. The van der Waals surface area contributed by atoms with Crippen LogP contribution in [0.5, 0.6) is 0 Å². The maximum atomic E-state index is 13.7. The lowest BCUT2D eigenvalue weighted by Crippen LogP contribution is -2.52. The molecule has 2 aliphatic heterocycles. The van der Waals surface area contributed by atoms with Gasteiger partial charge in [0.2, 0.25) is 5.91 Å². The van der Waals surface area contributed by atoms with Crippen molar-refractivity contribution in [3.8, 4) is 11.1 Å². The summed E-state index contributed by atoms with van der Waals surface area (Å²) in [5.74, 6) is -1.73. The van der Waals surface area contributed by atoms with Crippen molar-refractivity contribution in [3.05, 3.63) is 96.1 Å². The Balaban J connectivity index is 0.701. The third-order valence-electron chi connectivity index (χ3n) is 12.7. The second kappa shape index (κ2) is 16.9. The van der Waals surface area contributed by atoms with Crippen LogP contribution in [0, 0.1) is 0 Å². The van der Waals surface area contributed by atoms with E-state index in [4.69, 9.17) is 9.72 Å². The number of benzene rings is 3. The summed E-state index contributed by atoms with van der Waals surface area (Å²) >= 11 is 0. The first-order valence-corrected chi connectivity index (χ1v) is 21.0. The lowest BCUT2D eigenvalue weighted by atomic mass is 9.87. The molecule has 304 valence electrons. The van der Waals surface area contributed by atoms with Gasteiger partial charge in [-0.15, -0.1) is 0 Å². The fourth-order valence-electron chi connectivity index (χ4n) is 9.62. The molecule has 4 heterocycles. The van der Waals surface area contributed by atoms with Gasteiger partial charge in [-0.2, -0.15) is 0 Å². The smallest absolute Gasteiger partial charge is 0.262 e. The number of rotatable bonds is 12. The summed E-state index contributed by atoms with van der Waals surface area (Å²) < 4.78 is 8.35. The molecule has 5 aromatic rings. The summed E-state index contributed by atoms with van der Waals surface area (Å²) in [7, 11) is 0. The zero-order valence-corrected chi connectivity index (χ0v) is 33.2. The van der Waals surface area contributed by atoms with E-state index >= 15 is 0 Å². The van der Waals surface area contributed by atoms with Gasteiger partial charge in [-0.25, -0.2) is 9.97 Å². The molecule has 59 heavy (non-hydrogen) atoms. The van der Waals surface area contributed by atoms with Crippen molar-refractivity contribution in [2.24, 2.45) is 0 Å². The predicted octanol–water partition coefficient (Wildman–Crippen LogP) is 5.36. The van der Waals surface area contributed by atoms with E-state index in [9.17, 15) is 24.0 Å². The molecule has 1 N–H and O–H groups in total. The third kappa shape index (κ3) is 7.94. The van der Waals surface area contributed by atoms with Crippen LogP contribution in [-0.4, -0.2) is 117 Å². The molecule has 0 radical (unpaired) electrons. The number of hydrogen-bond acceptors (Lipinski definition) is 10. The summed E-state index contributed by atoms with van der Waals surface area (Å²) in [5, 5.41) is 5.35. The number of hydrogen-bond donors (Lipinski definition) is 1. The summed E-state index contributed by atoms with van der Waals surface area (Å²) in [4.78, 5) is 79.6. The van der Waals surface area contributed by atoms with E-state index in [1.807, 2.05) is 24.4 Å². The molecule has 13 heteroatoms. The van der Waals surface area contributed by atoms with E-state index in [0.29, 0.717) is 54.9 Å². The Morgan fingerprint density at radius 3 is 2.41 bits per heavy atom. The molecular formula is C46H49N7O6. The molecule has 0 spiro atoms. The molecule has 9 rings (SSSR count). The number of ketones is 2. The first-order valence-electron chi connectivity index (χ1n) is 21.0. The lowest BCUT2D eigenvalue weighted by Gasteiger charge is -2.42. The second-order valence-corrected chi connectivity index (χ2v) is 16.3. The average molecular weight is 796 g/mol. The van der Waals surface area contributed by atoms with Gasteiger partial charge in [0.1, 0.15) is 17.8 Å². The molecule has 3 aromatic carbocycles. The SMILES string of the molecule is O=C1CCC(N2C(=O)c3cccc4cc(CCC(=O)NCCOCN5CCN(C6CCC(n7cc(-c8ccccc8)c8cncnc87)CC6)CC5)cc(c34)C2=O)C(=O)C1. The quantitative estimate of drug-likeness (QED) is 0.0995. The lowest BCUT2D eigenvalue weighted by molar-refractivity contribution is -0.132. The number of fused-ring (bicyclic) bond motifs is 1. The highest BCUT2D eigenvalue weighted by molar-refractivity contribution is 6.27. The minimum Gasteiger partial charge on any atom is -0.364 e. The van der Waals surface area contributed by atoms with Gasteiger partial charge in [0.25, 0.3) is 11.8 Å². The molecule has 3 amide bonds. The summed E-state index contributed by atoms with van der Waals surface area (Å²) in [6, 6.07) is 19.5. The first kappa shape index (κ1) is 38.9. The van der Waals surface area contributed by atoms with E-state index < -0.39 is 23.6 Å². The van der Waals surface area contributed by atoms with Gasteiger partial charge in [-0.3, -0.25) is 38.7 Å². The maximum absolute atomic E-state index is 13.7. The van der Waals surface area contributed by atoms with E-state index in [2.05, 4.69) is 55.1 Å². The van der Waals surface area contributed by atoms with Gasteiger partial charge < -0.3 is 14.6 Å². The molecule has 1 saturated heterocycles. The highest BCUT2D eigenvalue weighted by atomic mass is 16.5. The minimum absolute atomic E-state index is 0.116. The molecule has 2 aromatic heterocycles. The number of piperazine rings is 1. The second-order valence-electron chi connectivity index (χ2n) is 16.3. The van der Waals surface area contributed by atoms with Crippen molar-refractivity contribution in [3.63, 3.8) is 0 Å². The van der Waals surface area contributed by atoms with Crippen molar-refractivity contribution < 1.29 is 28.7 Å². The molecule has 0 bridgehead atoms. The zero-order valence-electron chi connectivity index (χ0n) is 33.2. The number of imide groups is 1. The van der Waals surface area contributed by atoms with Crippen LogP contribution in [0.15, 0.2) is 79.4 Å². The van der Waals surface area contributed by atoms with E-state index in [0.717, 1.165) is 65.9 Å². The van der Waals surface area contributed by atoms with Crippen LogP contribution in [0.2, 0.25) is 0 Å². The standard InChI is InChI=1S/C46H49N7O6/c54-35-14-15-40(41(55)25-35)53-45(57)36-8-4-7-32-23-30(24-37(43(32)36)46(53)58)9-16-42(56)48-17-22-59-29-50-18-20-51(21-19-50)33-10-12-34(13-11-33)52-27-39(31-5-2-1-3-6-31)38-26-47-28-49-44(38)52/h1-8,23-24,26-28,33-34,40H,9-22,25,29H2,(H,48,56). The number of ether oxygens (including phenoxy) is 1. The van der Waals surface area contributed by atoms with Gasteiger partial charge >= 0.3 is 0 Å². The normalized spacial score (nSPS) is 21.8. The highest BCUT2D eigenvalue weighted by Gasteiger charge is 2.42. The number of aryl methyl sites for hydroxylation is 1. The molecule has 1 unspecified atom stereocenters. The fourth-order valence-corrected chi connectivity index (χ4v) is 9.62. The van der Waals surface area contributed by atoms with Crippen LogP contribution in [0.4, 0.5) is 0 Å². The number of aromatic nitrogens is 3. The van der Waals surface area contributed by atoms with Crippen LogP contribution >= 0.6 is 0 Å². The molecule has 2 saturated carbocycles. The van der Waals surface area contributed by atoms with Gasteiger partial charge in [0.15, 0.2) is 5.78 Å². The molecule has 2 aliphatic carbocycles. The minimum atomic E-state index is -0.947. The van der Waals surface area contributed by atoms with E-state index in [1.54, 1.807) is 24.5 Å². The zero-order chi connectivity index (χ0) is 40.5. The van der Waals surface area contributed by atoms with Crippen molar-refractivity contribution in [1.29, 1.82) is 0 Å². The molecule has 1 atom stereocenters. The van der Waals surface area contributed by atoms with Gasteiger partial charge in [0.05, 0.1) is 25.8 Å². The van der Waals surface area contributed by atoms with Crippen molar-refractivity contribution in [2.45, 2.75) is 75.9 Å². The topological polar surface area (TPSA) is 147 Å². The largest absolute Gasteiger partial charge is 0.364 e. The molecule has 13 nitrogen and oxygen atoms in total. The number of nitrogens with zero attached hydrogens (tertiary/aromatic N) is 6. The monoisotopic (exact) mass is 795 g/mol. The number of amides is 3. The fraction of sp³-hybridized carbons (Fsp3) is 0.413. The van der Waals surface area contributed by atoms with Crippen LogP contribution in [-0.2, 0) is 25.5 Å². The van der Waals surface area contributed by atoms with Crippen molar-refractivity contribution in [1.82, 2.24) is 34.6 Å². The first-order chi connectivity index (χ1) is 28.8. The summed E-state index contributed by atoms with van der Waals surface area (Å²) in [6.07, 6.45) is 11.1. The third-order valence-corrected chi connectivity index (χ3v) is 12.7. The average Bonchev–Trinajstić information content (AvgIpc) is 3.66. The van der Waals surface area contributed by atoms with Crippen LogP contribution < -0.4 is 5.32 Å². The Hall–Kier alpha value is -5.63. The Morgan fingerprint density at radius 2 is 1.61 bits per heavy atom. The predicted molar refractivity (Wildman–Crippen MR) is 222 cm³/mol. The molecule has 4 aliphatic rings. The maximum Gasteiger partial charge on any atom is 0.262 e. The van der Waals surface area contributed by atoms with Crippen molar-refractivity contribution in [2.75, 3.05) is 46.1 Å². The van der Waals surface area contributed by atoms with Crippen LogP contribution in [0.25, 0.3) is 32.9 Å². The Bertz CT molecular complexity index is 2410. The highest BCUT2D eigenvalue weighted by Crippen LogP contribution is 2.38. The van der Waals surface area contributed by atoms with Gasteiger partial charge in [0, 0.05) is 97.5 Å². The van der Waals surface area contributed by atoms with Crippen molar-refractivity contribution >= 4 is 51.1 Å². The van der Waals surface area contributed by atoms with E-state index in [1.165, 1.54) is 24.0 Å². The van der Waals surface area contributed by atoms with Crippen LogP contribution in [0.1, 0.15) is 83.7 Å².